The molecule has 3 aromatic heterocycles. The van der Waals surface area contributed by atoms with Crippen molar-refractivity contribution in [1.29, 1.82) is 0 Å². The summed E-state index contributed by atoms with van der Waals surface area (Å²) in [5.41, 5.74) is 0.370. The van der Waals surface area contributed by atoms with Crippen LogP contribution in [0, 0.1) is 6.92 Å². The highest BCUT2D eigenvalue weighted by molar-refractivity contribution is 7.53. The molecule has 0 aromatic carbocycles. The average molecular weight is 543 g/mol. The van der Waals surface area contributed by atoms with Crippen molar-refractivity contribution in [3.63, 3.8) is 0 Å². The zero-order valence-corrected chi connectivity index (χ0v) is 21.5. The number of methoxy groups -OCH3 is 1. The van der Waals surface area contributed by atoms with Crippen LogP contribution in [-0.4, -0.2) is 110 Å². The van der Waals surface area contributed by atoms with E-state index in [2.05, 4.69) is 41.0 Å². The third-order valence-corrected chi connectivity index (χ3v) is 7.29. The summed E-state index contributed by atoms with van der Waals surface area (Å²) in [4.78, 5) is 29.1. The summed E-state index contributed by atoms with van der Waals surface area (Å²) in [5, 5.41) is 40.5. The van der Waals surface area contributed by atoms with Crippen molar-refractivity contribution < 1.29 is 38.8 Å². The van der Waals surface area contributed by atoms with Crippen LogP contribution in [-0.2, 0) is 25.2 Å². The van der Waals surface area contributed by atoms with Crippen LogP contribution in [0.25, 0.3) is 11.0 Å². The summed E-state index contributed by atoms with van der Waals surface area (Å²) in [5.74, 6) is 0.997. The molecule has 1 aliphatic rings. The molecule has 3 aromatic rings. The second-order valence-electron chi connectivity index (χ2n) is 9.03. The Morgan fingerprint density at radius 3 is 2.68 bits per heavy atom. The molecule has 0 spiro atoms. The number of anilines is 1. The van der Waals surface area contributed by atoms with Gasteiger partial charge in [-0.2, -0.15) is 10.3 Å². The average Bonchev–Trinajstić information content (AvgIpc) is 3.52. The predicted octanol–water partition coefficient (Wildman–Crippen LogP) is -1.13. The van der Waals surface area contributed by atoms with E-state index in [1.807, 2.05) is 13.8 Å². The fourth-order valence-electron chi connectivity index (χ4n) is 4.06. The van der Waals surface area contributed by atoms with Crippen LogP contribution in [0.4, 0.5) is 5.82 Å². The minimum absolute atomic E-state index is 0.0185. The van der Waals surface area contributed by atoms with E-state index in [4.69, 9.17) is 14.2 Å². The first kappa shape index (κ1) is 27.4. The molecule has 204 valence electrons. The molecule has 0 radical (unpaired) electrons. The number of fused-ring (bicyclic) bond motifs is 1. The standard InChI is InChI=1S/C19H30N9O8P/c1-9(2)21-16-11-6-20-28(17(11)23-10(3)22-16)18-15(30)14(29)12(36-18)7-35-19(8-34-4,37(31,32)33)5-13-24-26-27-25-13/h6,9,12,14-15,18,29-30H,5,7-8H2,1-4H3,(H,21,22,23)(H2,31,32,33)(H,24,25,26,27)/t12-,14-,15-,18-,19-/m1/s1. The summed E-state index contributed by atoms with van der Waals surface area (Å²) >= 11 is 0. The van der Waals surface area contributed by atoms with E-state index in [-0.39, 0.29) is 11.9 Å². The van der Waals surface area contributed by atoms with Crippen molar-refractivity contribution in [3.8, 4) is 0 Å². The van der Waals surface area contributed by atoms with Gasteiger partial charge < -0.3 is 39.5 Å². The van der Waals surface area contributed by atoms with E-state index in [9.17, 15) is 24.6 Å². The van der Waals surface area contributed by atoms with Crippen molar-refractivity contribution in [2.24, 2.45) is 0 Å². The number of H-pyrrole nitrogens is 1. The SMILES string of the molecule is COC[C@](Cc1nn[nH]n1)(OC[C@H]1O[C@@H](n2ncc3c(NC(C)C)nc(C)nc32)[C@H](O)[C@@H]1O)P(=O)(O)O. The van der Waals surface area contributed by atoms with E-state index >= 15 is 0 Å². The smallest absolute Gasteiger partial charge is 0.359 e. The van der Waals surface area contributed by atoms with Crippen molar-refractivity contribution >= 4 is 24.4 Å². The van der Waals surface area contributed by atoms with Crippen LogP contribution in [0.3, 0.4) is 0 Å². The maximum Gasteiger partial charge on any atom is 0.359 e. The van der Waals surface area contributed by atoms with E-state index in [1.165, 1.54) is 18.0 Å². The van der Waals surface area contributed by atoms with Crippen molar-refractivity contribution in [1.82, 2.24) is 40.4 Å². The van der Waals surface area contributed by atoms with Crippen LogP contribution < -0.4 is 5.32 Å². The van der Waals surface area contributed by atoms with Gasteiger partial charge in [-0.3, -0.25) is 4.57 Å². The molecule has 5 atom stereocenters. The third kappa shape index (κ3) is 5.49. The van der Waals surface area contributed by atoms with Gasteiger partial charge in [0.1, 0.15) is 30.0 Å². The predicted molar refractivity (Wildman–Crippen MR) is 125 cm³/mol. The number of nitrogens with one attached hydrogen (secondary N) is 2. The lowest BCUT2D eigenvalue weighted by molar-refractivity contribution is -0.113. The monoisotopic (exact) mass is 543 g/mol. The van der Waals surface area contributed by atoms with Gasteiger partial charge >= 0.3 is 7.60 Å². The molecule has 4 heterocycles. The number of ether oxygens (including phenoxy) is 3. The zero-order chi connectivity index (χ0) is 27.0. The summed E-state index contributed by atoms with van der Waals surface area (Å²) in [7, 11) is -3.74. The molecule has 37 heavy (non-hydrogen) atoms. The number of hydrogen-bond donors (Lipinski definition) is 6. The van der Waals surface area contributed by atoms with Gasteiger partial charge in [0.15, 0.2) is 23.0 Å². The quantitative estimate of drug-likeness (QED) is 0.157. The molecule has 1 aliphatic heterocycles. The van der Waals surface area contributed by atoms with Crippen molar-refractivity contribution in [3.05, 3.63) is 17.8 Å². The van der Waals surface area contributed by atoms with Gasteiger partial charge in [-0.1, -0.05) is 5.21 Å². The van der Waals surface area contributed by atoms with Gasteiger partial charge in [-0.05, 0) is 20.8 Å². The van der Waals surface area contributed by atoms with E-state index in [0.717, 1.165) is 0 Å². The van der Waals surface area contributed by atoms with Gasteiger partial charge in [-0.15, -0.1) is 10.2 Å². The number of aliphatic hydroxyl groups excluding tert-OH is 2. The maximum atomic E-state index is 12.5. The van der Waals surface area contributed by atoms with Crippen molar-refractivity contribution in [2.75, 3.05) is 25.6 Å². The molecule has 0 saturated carbocycles. The van der Waals surface area contributed by atoms with Crippen LogP contribution >= 0.6 is 7.60 Å². The minimum atomic E-state index is -4.99. The largest absolute Gasteiger partial charge is 0.387 e. The highest BCUT2D eigenvalue weighted by Crippen LogP contribution is 2.53. The summed E-state index contributed by atoms with van der Waals surface area (Å²) in [6.07, 6.45) is -4.18. The summed E-state index contributed by atoms with van der Waals surface area (Å²) in [6.45, 7) is 4.60. The van der Waals surface area contributed by atoms with Gasteiger partial charge in [0.25, 0.3) is 0 Å². The lowest BCUT2D eigenvalue weighted by Gasteiger charge is -2.33. The summed E-state index contributed by atoms with van der Waals surface area (Å²) < 4.78 is 30.4. The number of aromatic amines is 1. The molecule has 17 nitrogen and oxygen atoms in total. The molecule has 0 amide bonds. The van der Waals surface area contributed by atoms with Gasteiger partial charge in [0.2, 0.25) is 0 Å². The van der Waals surface area contributed by atoms with Crippen molar-refractivity contribution in [2.45, 2.75) is 63.1 Å². The Labute approximate surface area is 210 Å². The number of hydrogen-bond acceptors (Lipinski definition) is 13. The van der Waals surface area contributed by atoms with E-state index in [1.54, 1.807) is 6.92 Å². The number of tetrazole rings is 1. The van der Waals surface area contributed by atoms with Crippen LogP contribution in [0.15, 0.2) is 6.20 Å². The molecule has 4 rings (SSSR count). The number of aromatic nitrogens is 8. The molecule has 0 aliphatic carbocycles. The lowest BCUT2D eigenvalue weighted by Crippen LogP contribution is -2.44. The van der Waals surface area contributed by atoms with Crippen LogP contribution in [0.1, 0.15) is 31.7 Å². The van der Waals surface area contributed by atoms with Gasteiger partial charge in [0, 0.05) is 13.2 Å². The molecule has 18 heteroatoms. The fourth-order valence-corrected chi connectivity index (χ4v) is 4.94. The van der Waals surface area contributed by atoms with Crippen LogP contribution in [0.5, 0.6) is 0 Å². The zero-order valence-electron chi connectivity index (χ0n) is 20.6. The Bertz CT molecular complexity index is 1250. The minimum Gasteiger partial charge on any atom is -0.387 e. The number of nitrogens with zero attached hydrogens (tertiary/aromatic N) is 7. The third-order valence-electron chi connectivity index (χ3n) is 5.81. The molecular weight excluding hydrogens is 513 g/mol. The number of rotatable bonds is 11. The van der Waals surface area contributed by atoms with Gasteiger partial charge in [-0.25, -0.2) is 14.6 Å². The first-order valence-corrected chi connectivity index (χ1v) is 13.0. The molecule has 6 N–H and O–H groups in total. The Morgan fingerprint density at radius 2 is 2.05 bits per heavy atom. The number of aryl methyl sites for hydroxylation is 1. The molecule has 0 unspecified atom stereocenters. The van der Waals surface area contributed by atoms with E-state index in [0.29, 0.717) is 22.7 Å². The number of aliphatic hydroxyl groups is 2. The highest BCUT2D eigenvalue weighted by atomic mass is 31.2. The Kier molecular flexibility index (Phi) is 7.87. The Balaban J connectivity index is 1.58. The maximum absolute atomic E-state index is 12.5. The molecule has 0 bridgehead atoms. The molecular formula is C19H30N9O8P. The Morgan fingerprint density at radius 1 is 1.30 bits per heavy atom. The first-order chi connectivity index (χ1) is 17.5. The highest BCUT2D eigenvalue weighted by Gasteiger charge is 2.52. The first-order valence-electron chi connectivity index (χ1n) is 11.4. The normalized spacial score (nSPS) is 24.1. The lowest BCUT2D eigenvalue weighted by atomic mass is 10.1. The Hall–Kier alpha value is -2.63. The van der Waals surface area contributed by atoms with Crippen LogP contribution in [0.2, 0.25) is 0 Å². The van der Waals surface area contributed by atoms with Gasteiger partial charge in [0.05, 0.1) is 31.2 Å². The topological polar surface area (TPSA) is 236 Å². The molecule has 1 saturated heterocycles. The van der Waals surface area contributed by atoms with E-state index < -0.39 is 57.1 Å². The second kappa shape index (κ2) is 10.6. The molecule has 1 fully saturated rings. The fraction of sp³-hybridized carbons (Fsp3) is 0.684. The second-order valence-corrected chi connectivity index (χ2v) is 10.9. The summed E-state index contributed by atoms with van der Waals surface area (Å²) in [6, 6.07) is 0.0892.